The van der Waals surface area contributed by atoms with E-state index in [1.54, 1.807) is 0 Å². The van der Waals surface area contributed by atoms with Crippen LogP contribution in [0.3, 0.4) is 0 Å². The van der Waals surface area contributed by atoms with Crippen LogP contribution in [-0.4, -0.2) is 80.7 Å². The molecule has 4 N–H and O–H groups in total. The molecule has 6 fully saturated rings. The van der Waals surface area contributed by atoms with Crippen molar-refractivity contribution in [2.24, 2.45) is 28.6 Å². The lowest BCUT2D eigenvalue weighted by Gasteiger charge is -2.66. The van der Waals surface area contributed by atoms with Crippen LogP contribution in [0.2, 0.25) is 0 Å². The summed E-state index contributed by atoms with van der Waals surface area (Å²) in [5.74, 6) is -1.70. The van der Waals surface area contributed by atoms with Gasteiger partial charge in [0.15, 0.2) is 0 Å². The zero-order chi connectivity index (χ0) is 26.9. The van der Waals surface area contributed by atoms with Gasteiger partial charge in [0.2, 0.25) is 12.1 Å². The molecule has 0 aromatic heterocycles. The Bertz CT molecular complexity index is 1060. The zero-order valence-corrected chi connectivity index (χ0v) is 22.6. The third-order valence-corrected chi connectivity index (χ3v) is 12.5. The highest BCUT2D eigenvalue weighted by molar-refractivity contribution is 5.86. The second kappa shape index (κ2) is 8.02. The first-order valence-corrected chi connectivity index (χ1v) is 14.6. The van der Waals surface area contributed by atoms with Gasteiger partial charge in [0.25, 0.3) is 0 Å². The molecular weight excluding hydrogens is 492 g/mol. The predicted octanol–water partition coefficient (Wildman–Crippen LogP) is 1.94. The van der Waals surface area contributed by atoms with Crippen molar-refractivity contribution in [2.75, 3.05) is 6.61 Å². The molecule has 3 heterocycles. The number of rotatable bonds is 1. The molecule has 0 radical (unpaired) electrons. The van der Waals surface area contributed by atoms with E-state index < -0.39 is 40.8 Å². The molecule has 0 bridgehead atoms. The Kier molecular flexibility index (Phi) is 5.46. The number of fused-ring (bicyclic) bond motifs is 7. The highest BCUT2D eigenvalue weighted by Crippen LogP contribution is 2.71. The number of carbonyl (C=O) groups excluding carboxylic acids is 1. The van der Waals surface area contributed by atoms with Crippen LogP contribution in [0.4, 0.5) is 0 Å². The first-order valence-electron chi connectivity index (χ1n) is 14.6. The van der Waals surface area contributed by atoms with Gasteiger partial charge >= 0.3 is 5.97 Å². The fraction of sp³-hybridized carbons (Fsp3) is 0.897. The topological polar surface area (TPSA) is 135 Å². The Morgan fingerprint density at radius 1 is 0.947 bits per heavy atom. The Hall–Kier alpha value is -1.07. The molecule has 4 saturated carbocycles. The molecule has 13 atom stereocenters. The van der Waals surface area contributed by atoms with Gasteiger partial charge in [-0.05, 0) is 81.5 Å². The van der Waals surface area contributed by atoms with Crippen molar-refractivity contribution >= 4 is 5.97 Å². The van der Waals surface area contributed by atoms with Gasteiger partial charge in [-0.2, -0.15) is 0 Å². The molecule has 38 heavy (non-hydrogen) atoms. The van der Waals surface area contributed by atoms with Gasteiger partial charge in [-0.15, -0.1) is 0 Å². The minimum atomic E-state index is -1.88. The molecule has 0 amide bonds. The molecule has 4 aliphatic carbocycles. The van der Waals surface area contributed by atoms with Gasteiger partial charge in [-0.3, -0.25) is 0 Å². The van der Waals surface area contributed by atoms with E-state index in [9.17, 15) is 25.2 Å². The molecule has 9 nitrogen and oxygen atoms in total. The van der Waals surface area contributed by atoms with Crippen molar-refractivity contribution in [3.8, 4) is 0 Å². The summed E-state index contributed by atoms with van der Waals surface area (Å²) < 4.78 is 23.6. The average molecular weight is 535 g/mol. The summed E-state index contributed by atoms with van der Waals surface area (Å²) in [4.78, 5) is 11.9. The number of aliphatic hydroxyl groups is 4. The predicted molar refractivity (Wildman–Crippen MR) is 132 cm³/mol. The number of esters is 1. The number of carbonyl (C=O) groups is 1. The summed E-state index contributed by atoms with van der Waals surface area (Å²) >= 11 is 0. The van der Waals surface area contributed by atoms with Gasteiger partial charge in [-0.25, -0.2) is 4.79 Å². The highest BCUT2D eigenvalue weighted by atomic mass is 16.8. The Balaban J connectivity index is 1.17. The molecule has 13 unspecified atom stereocenters. The van der Waals surface area contributed by atoms with Crippen LogP contribution < -0.4 is 0 Å². The molecule has 212 valence electrons. The van der Waals surface area contributed by atoms with Crippen molar-refractivity contribution in [1.82, 2.24) is 0 Å². The van der Waals surface area contributed by atoms with E-state index >= 15 is 0 Å². The van der Waals surface area contributed by atoms with Crippen LogP contribution in [-0.2, 0) is 23.7 Å². The number of hydrogen-bond acceptors (Lipinski definition) is 9. The monoisotopic (exact) mass is 534 g/mol. The lowest BCUT2D eigenvalue weighted by Crippen LogP contribution is -2.71. The van der Waals surface area contributed by atoms with Crippen molar-refractivity contribution in [1.29, 1.82) is 0 Å². The van der Waals surface area contributed by atoms with E-state index in [4.69, 9.17) is 18.9 Å². The molecule has 7 rings (SSSR count). The van der Waals surface area contributed by atoms with Crippen LogP contribution in [0.1, 0.15) is 78.6 Å². The molecule has 9 heteroatoms. The molecule has 2 saturated heterocycles. The van der Waals surface area contributed by atoms with Gasteiger partial charge in [-0.1, -0.05) is 13.8 Å². The second-order valence-electron chi connectivity index (χ2n) is 14.0. The fourth-order valence-electron chi connectivity index (χ4n) is 10.3. The van der Waals surface area contributed by atoms with Crippen molar-refractivity contribution < 1.29 is 44.2 Å². The maximum absolute atomic E-state index is 12.5. The summed E-state index contributed by atoms with van der Waals surface area (Å²) in [5, 5.41) is 46.4. The third-order valence-electron chi connectivity index (χ3n) is 12.5. The van der Waals surface area contributed by atoms with E-state index in [0.717, 1.165) is 25.7 Å². The molecule has 3 aliphatic heterocycles. The van der Waals surface area contributed by atoms with Gasteiger partial charge in [0.05, 0.1) is 29.5 Å². The van der Waals surface area contributed by atoms with Crippen LogP contribution in [0.15, 0.2) is 11.6 Å². The molecule has 7 aliphatic rings. The Morgan fingerprint density at radius 3 is 2.47 bits per heavy atom. The SMILES string of the molecule is CC1CC(O)C2(O)OC3CC4(C)C(CCC5C4CCC4(C)C(O)(C6=CC(=O)OC6)CCC54O)CC3OC2O1. The lowest BCUT2D eigenvalue weighted by atomic mass is 9.42. The first kappa shape index (κ1) is 25.9. The maximum Gasteiger partial charge on any atom is 0.331 e. The van der Waals surface area contributed by atoms with Crippen molar-refractivity contribution in [3.05, 3.63) is 11.6 Å². The van der Waals surface area contributed by atoms with Gasteiger partial charge in [0, 0.05) is 23.5 Å². The third kappa shape index (κ3) is 3.10. The summed E-state index contributed by atoms with van der Waals surface area (Å²) in [7, 11) is 0. The highest BCUT2D eigenvalue weighted by Gasteiger charge is 2.73. The normalized spacial score (nSPS) is 59.6. The van der Waals surface area contributed by atoms with Crippen LogP contribution in [0.25, 0.3) is 0 Å². The number of aliphatic hydroxyl groups excluding tert-OH is 1. The molecule has 0 spiro atoms. The van der Waals surface area contributed by atoms with Crippen LogP contribution in [0.5, 0.6) is 0 Å². The van der Waals surface area contributed by atoms with E-state index in [2.05, 4.69) is 6.92 Å². The standard InChI is InChI=1S/C29H42O9/c1-15-10-22(30)29(34)24(36-15)37-20-11-16-4-5-19-18(25(16,2)13-21(20)38-29)6-7-26(3)27(32,8-9-28(19,26)33)17-12-23(31)35-14-17/h12,15-16,18-22,24,30,32-34H,4-11,13-14H2,1-3H3. The summed E-state index contributed by atoms with van der Waals surface area (Å²) in [6.45, 7) is 6.26. The number of ether oxygens (including phenoxy) is 4. The number of cyclic esters (lactones) is 1. The van der Waals surface area contributed by atoms with E-state index in [1.165, 1.54) is 6.08 Å². The molecular formula is C29H42O9. The van der Waals surface area contributed by atoms with Crippen molar-refractivity contribution in [3.63, 3.8) is 0 Å². The average Bonchev–Trinajstić information content (AvgIpc) is 3.38. The smallest absolute Gasteiger partial charge is 0.331 e. The number of hydrogen-bond donors (Lipinski definition) is 4. The Labute approximate surface area is 223 Å². The summed E-state index contributed by atoms with van der Waals surface area (Å²) in [5.41, 5.74) is -2.64. The molecule has 0 aromatic rings. The molecule has 0 aromatic carbocycles. The minimum Gasteiger partial charge on any atom is -0.458 e. The largest absolute Gasteiger partial charge is 0.458 e. The quantitative estimate of drug-likeness (QED) is 0.294. The van der Waals surface area contributed by atoms with Crippen molar-refractivity contribution in [2.45, 2.75) is 126 Å². The summed E-state index contributed by atoms with van der Waals surface area (Å²) in [6, 6.07) is 0. The van der Waals surface area contributed by atoms with Gasteiger partial charge < -0.3 is 39.4 Å². The minimum absolute atomic E-state index is 0.0106. The summed E-state index contributed by atoms with van der Waals surface area (Å²) in [6.07, 6.45) is 4.48. The Morgan fingerprint density at radius 2 is 1.74 bits per heavy atom. The van der Waals surface area contributed by atoms with E-state index in [-0.39, 0.29) is 48.6 Å². The van der Waals surface area contributed by atoms with E-state index in [1.807, 2.05) is 13.8 Å². The first-order chi connectivity index (χ1) is 17.8. The van der Waals surface area contributed by atoms with Crippen LogP contribution >= 0.6 is 0 Å². The van der Waals surface area contributed by atoms with Gasteiger partial charge in [0.1, 0.15) is 12.7 Å². The second-order valence-corrected chi connectivity index (χ2v) is 14.0. The fourth-order valence-corrected chi connectivity index (χ4v) is 10.3. The maximum atomic E-state index is 12.5. The lowest BCUT2D eigenvalue weighted by molar-refractivity contribution is -0.458. The van der Waals surface area contributed by atoms with Crippen LogP contribution in [0, 0.1) is 28.6 Å². The van der Waals surface area contributed by atoms with E-state index in [0.29, 0.717) is 37.2 Å². The zero-order valence-electron chi connectivity index (χ0n) is 22.6.